The highest BCUT2D eigenvalue weighted by Gasteiger charge is 2.16. The molecule has 0 saturated carbocycles. The Balaban J connectivity index is 2.14. The van der Waals surface area contributed by atoms with Gasteiger partial charge in [0.1, 0.15) is 11.3 Å². The molecule has 3 aromatic heterocycles. The van der Waals surface area contributed by atoms with Crippen molar-refractivity contribution in [3.05, 3.63) is 44.9 Å². The van der Waals surface area contributed by atoms with Gasteiger partial charge in [-0.05, 0) is 19.1 Å². The number of nitrogens with zero attached hydrogens (tertiary/aromatic N) is 3. The minimum absolute atomic E-state index is 0.0622. The van der Waals surface area contributed by atoms with E-state index in [9.17, 15) is 4.79 Å². The number of aromatic nitrogens is 4. The summed E-state index contributed by atoms with van der Waals surface area (Å²) in [7, 11) is 0. The molecular weight excluding hydrogens is 284 g/mol. The molecule has 0 spiro atoms. The van der Waals surface area contributed by atoms with E-state index in [1.807, 2.05) is 23.6 Å². The molecule has 5 nitrogen and oxygen atoms in total. The molecular formula is C12H11ClN4OS. The number of nitrogens with one attached hydrogen (secondary N) is 1. The number of aromatic amines is 1. The van der Waals surface area contributed by atoms with Gasteiger partial charge in [-0.2, -0.15) is 0 Å². The van der Waals surface area contributed by atoms with Gasteiger partial charge in [-0.15, -0.1) is 11.6 Å². The number of thiazole rings is 1. The zero-order chi connectivity index (χ0) is 13.4. The Morgan fingerprint density at radius 3 is 3.11 bits per heavy atom. The van der Waals surface area contributed by atoms with Gasteiger partial charge in [0, 0.05) is 17.3 Å². The van der Waals surface area contributed by atoms with E-state index in [0.717, 1.165) is 34.0 Å². The summed E-state index contributed by atoms with van der Waals surface area (Å²) in [6, 6.07) is 3.74. The smallest absolute Gasteiger partial charge is 0.304 e. The molecule has 0 saturated heterocycles. The summed E-state index contributed by atoms with van der Waals surface area (Å²) >= 11 is 7.32. The summed E-state index contributed by atoms with van der Waals surface area (Å²) in [5, 5.41) is 1.58. The van der Waals surface area contributed by atoms with Crippen molar-refractivity contribution in [2.45, 2.75) is 18.8 Å². The van der Waals surface area contributed by atoms with Crippen LogP contribution in [0.2, 0.25) is 0 Å². The van der Waals surface area contributed by atoms with Crippen LogP contribution in [0.15, 0.2) is 28.5 Å². The number of rotatable bonds is 3. The Bertz CT molecular complexity index is 773. The number of hydrogen-bond acceptors (Lipinski definition) is 4. The monoisotopic (exact) mass is 294 g/mol. The molecule has 1 unspecified atom stereocenters. The van der Waals surface area contributed by atoms with E-state index in [1.165, 1.54) is 0 Å². The van der Waals surface area contributed by atoms with Crippen molar-refractivity contribution >= 4 is 34.1 Å². The number of imidazole rings is 1. The van der Waals surface area contributed by atoms with E-state index in [0.29, 0.717) is 6.54 Å². The van der Waals surface area contributed by atoms with E-state index < -0.39 is 0 Å². The van der Waals surface area contributed by atoms with Crippen molar-refractivity contribution in [1.82, 2.24) is 19.5 Å². The standard InChI is InChI=1S/C12H11ClN4OS/c1-7(13)10-16-9-3-2-4-14-11(9)17(10)5-8-6-19-12(18)15-8/h2-4,6-7H,5H2,1H3,(H,15,18). The molecule has 0 aliphatic carbocycles. The maximum Gasteiger partial charge on any atom is 0.304 e. The lowest BCUT2D eigenvalue weighted by Crippen LogP contribution is -2.08. The summed E-state index contributed by atoms with van der Waals surface area (Å²) in [5.74, 6) is 0.752. The number of pyridine rings is 1. The zero-order valence-electron chi connectivity index (χ0n) is 10.1. The minimum atomic E-state index is -0.223. The van der Waals surface area contributed by atoms with E-state index >= 15 is 0 Å². The molecule has 98 valence electrons. The number of H-pyrrole nitrogens is 1. The molecule has 3 aromatic rings. The van der Waals surface area contributed by atoms with Gasteiger partial charge < -0.3 is 9.55 Å². The van der Waals surface area contributed by atoms with Crippen molar-refractivity contribution in [3.63, 3.8) is 0 Å². The normalized spacial score (nSPS) is 12.9. The number of halogens is 1. The molecule has 1 N–H and O–H groups in total. The molecule has 0 fully saturated rings. The predicted octanol–water partition coefficient (Wildman–Crippen LogP) is 2.53. The van der Waals surface area contributed by atoms with Crippen LogP contribution in [-0.2, 0) is 6.54 Å². The number of alkyl halides is 1. The molecule has 0 aliphatic rings. The van der Waals surface area contributed by atoms with Crippen LogP contribution in [0, 0.1) is 0 Å². The Morgan fingerprint density at radius 2 is 2.42 bits per heavy atom. The lowest BCUT2D eigenvalue weighted by Gasteiger charge is -2.08. The Kier molecular flexibility index (Phi) is 3.12. The predicted molar refractivity (Wildman–Crippen MR) is 75.8 cm³/mol. The zero-order valence-corrected chi connectivity index (χ0v) is 11.7. The summed E-state index contributed by atoms with van der Waals surface area (Å²) in [6.45, 7) is 2.38. The van der Waals surface area contributed by atoms with Crippen LogP contribution in [0.3, 0.4) is 0 Å². The first-order valence-electron chi connectivity index (χ1n) is 5.77. The van der Waals surface area contributed by atoms with E-state index in [1.54, 1.807) is 11.6 Å². The van der Waals surface area contributed by atoms with E-state index in [4.69, 9.17) is 11.6 Å². The van der Waals surface area contributed by atoms with Gasteiger partial charge >= 0.3 is 4.87 Å². The average molecular weight is 295 g/mol. The maximum absolute atomic E-state index is 11.2. The van der Waals surface area contributed by atoms with E-state index in [2.05, 4.69) is 15.0 Å². The van der Waals surface area contributed by atoms with Crippen LogP contribution in [0.1, 0.15) is 23.8 Å². The van der Waals surface area contributed by atoms with Crippen LogP contribution in [0.5, 0.6) is 0 Å². The fourth-order valence-corrected chi connectivity index (χ4v) is 2.74. The van der Waals surface area contributed by atoms with Crippen molar-refractivity contribution in [1.29, 1.82) is 0 Å². The molecule has 0 aliphatic heterocycles. The molecule has 19 heavy (non-hydrogen) atoms. The first-order valence-corrected chi connectivity index (χ1v) is 7.08. The number of hydrogen-bond donors (Lipinski definition) is 1. The third-order valence-corrected chi connectivity index (χ3v) is 3.70. The first-order chi connectivity index (χ1) is 9.15. The van der Waals surface area contributed by atoms with Crippen LogP contribution >= 0.6 is 22.9 Å². The lowest BCUT2D eigenvalue weighted by atomic mass is 10.4. The molecule has 7 heteroatoms. The fourth-order valence-electron chi connectivity index (χ4n) is 2.00. The molecule has 3 rings (SSSR count). The van der Waals surface area contributed by atoms with Gasteiger partial charge in [-0.25, -0.2) is 9.97 Å². The van der Waals surface area contributed by atoms with Crippen molar-refractivity contribution in [2.24, 2.45) is 0 Å². The highest BCUT2D eigenvalue weighted by molar-refractivity contribution is 7.07. The quantitative estimate of drug-likeness (QED) is 0.755. The maximum atomic E-state index is 11.2. The van der Waals surface area contributed by atoms with Crippen LogP contribution in [0.4, 0.5) is 0 Å². The first kappa shape index (κ1) is 12.4. The van der Waals surface area contributed by atoms with Gasteiger partial charge in [-0.3, -0.25) is 4.79 Å². The third kappa shape index (κ3) is 2.29. The molecule has 0 radical (unpaired) electrons. The summed E-state index contributed by atoms with van der Waals surface area (Å²) < 4.78 is 1.94. The van der Waals surface area contributed by atoms with Crippen LogP contribution < -0.4 is 4.87 Å². The van der Waals surface area contributed by atoms with Crippen LogP contribution in [0.25, 0.3) is 11.2 Å². The second-order valence-corrected chi connectivity index (χ2v) is 5.69. The second-order valence-electron chi connectivity index (χ2n) is 4.19. The SMILES string of the molecule is CC(Cl)c1nc2cccnc2n1Cc1csc(=O)[nH]1. The summed E-state index contributed by atoms with van der Waals surface area (Å²) in [4.78, 5) is 22.8. The molecule has 0 amide bonds. The topological polar surface area (TPSA) is 63.6 Å². The Labute approximate surface area is 117 Å². The van der Waals surface area contributed by atoms with Gasteiger partial charge in [0.2, 0.25) is 0 Å². The van der Waals surface area contributed by atoms with Crippen molar-refractivity contribution in [2.75, 3.05) is 0 Å². The van der Waals surface area contributed by atoms with Crippen molar-refractivity contribution < 1.29 is 0 Å². The summed E-state index contributed by atoms with van der Waals surface area (Å²) in [6.07, 6.45) is 1.72. The van der Waals surface area contributed by atoms with Gasteiger partial charge in [0.15, 0.2) is 5.65 Å². The van der Waals surface area contributed by atoms with Crippen molar-refractivity contribution in [3.8, 4) is 0 Å². The number of fused-ring (bicyclic) bond motifs is 1. The Hall–Kier alpha value is -1.66. The summed E-state index contributed by atoms with van der Waals surface area (Å²) in [5.41, 5.74) is 2.41. The highest BCUT2D eigenvalue weighted by atomic mass is 35.5. The molecule has 3 heterocycles. The molecule has 1 atom stereocenters. The van der Waals surface area contributed by atoms with Gasteiger partial charge in [-0.1, -0.05) is 11.3 Å². The fraction of sp³-hybridized carbons (Fsp3) is 0.250. The lowest BCUT2D eigenvalue weighted by molar-refractivity contribution is 0.723. The minimum Gasteiger partial charge on any atom is -0.315 e. The molecule has 0 aromatic carbocycles. The highest BCUT2D eigenvalue weighted by Crippen LogP contribution is 2.24. The largest absolute Gasteiger partial charge is 0.315 e. The Morgan fingerprint density at radius 1 is 1.58 bits per heavy atom. The average Bonchev–Trinajstić information content (AvgIpc) is 2.95. The van der Waals surface area contributed by atoms with Gasteiger partial charge in [0.05, 0.1) is 11.9 Å². The van der Waals surface area contributed by atoms with Crippen LogP contribution in [-0.4, -0.2) is 19.5 Å². The third-order valence-electron chi connectivity index (χ3n) is 2.79. The van der Waals surface area contributed by atoms with Gasteiger partial charge in [0.25, 0.3) is 0 Å². The van der Waals surface area contributed by atoms with E-state index in [-0.39, 0.29) is 10.3 Å². The second kappa shape index (κ2) is 4.79. The molecule has 0 bridgehead atoms.